The minimum absolute atomic E-state index is 0.115. The molecule has 0 saturated carbocycles. The number of hydrogen-bond donors (Lipinski definition) is 1. The van der Waals surface area contributed by atoms with Crippen LogP contribution in [0.2, 0.25) is 0 Å². The van der Waals surface area contributed by atoms with Gasteiger partial charge in [-0.05, 0) is 48.5 Å². The van der Waals surface area contributed by atoms with Gasteiger partial charge >= 0.3 is 12.3 Å². The van der Waals surface area contributed by atoms with E-state index in [2.05, 4.69) is 20.4 Å². The predicted molar refractivity (Wildman–Crippen MR) is 102 cm³/mol. The summed E-state index contributed by atoms with van der Waals surface area (Å²) < 4.78 is 59.1. The van der Waals surface area contributed by atoms with Crippen LogP contribution >= 0.6 is 0 Å². The number of carbonyl (C=O) groups is 2. The summed E-state index contributed by atoms with van der Waals surface area (Å²) >= 11 is 0. The average molecular weight is 437 g/mol. The number of benzene rings is 2. The van der Waals surface area contributed by atoms with Gasteiger partial charge in [-0.2, -0.15) is 13.2 Å². The second-order valence-electron chi connectivity index (χ2n) is 6.20. The highest BCUT2D eigenvalue weighted by atomic mass is 19.4. The van der Waals surface area contributed by atoms with Crippen LogP contribution in [-0.4, -0.2) is 41.2 Å². The van der Waals surface area contributed by atoms with Crippen LogP contribution in [0.25, 0.3) is 5.69 Å². The quantitative estimate of drug-likeness (QED) is 0.626. The summed E-state index contributed by atoms with van der Waals surface area (Å²) in [7, 11) is 2.67. The number of amides is 2. The van der Waals surface area contributed by atoms with E-state index in [-0.39, 0.29) is 11.4 Å². The maximum atomic E-state index is 13.7. The van der Waals surface area contributed by atoms with Gasteiger partial charge in [-0.15, -0.1) is 5.10 Å². The van der Waals surface area contributed by atoms with Gasteiger partial charge in [0.2, 0.25) is 0 Å². The Labute approximate surface area is 173 Å². The average Bonchev–Trinajstić information content (AvgIpc) is 3.20. The van der Waals surface area contributed by atoms with E-state index in [1.54, 1.807) is 0 Å². The standard InChI is InChI=1S/C19H15F4N5O3/c1-27(18(30)31-2)13-9-5-12(6-10-13)24-17(29)15-16(19(21,22)23)28(26-25-15)14-7-3-11(20)4-8-14/h3-10H,1-2H3,(H,24,29). The van der Waals surface area contributed by atoms with Gasteiger partial charge in [-0.3, -0.25) is 9.69 Å². The molecule has 3 rings (SSSR count). The second-order valence-corrected chi connectivity index (χ2v) is 6.20. The Morgan fingerprint density at radius 3 is 2.23 bits per heavy atom. The molecule has 0 aliphatic rings. The van der Waals surface area contributed by atoms with Crippen molar-refractivity contribution in [1.82, 2.24) is 15.0 Å². The summed E-state index contributed by atoms with van der Waals surface area (Å²) in [5, 5.41) is 9.10. The molecule has 1 heterocycles. The maximum Gasteiger partial charge on any atom is 0.435 e. The number of halogens is 4. The molecule has 12 heteroatoms. The number of anilines is 2. The van der Waals surface area contributed by atoms with E-state index < -0.39 is 35.4 Å². The molecule has 0 bridgehead atoms. The number of rotatable bonds is 4. The van der Waals surface area contributed by atoms with Crippen molar-refractivity contribution >= 4 is 23.4 Å². The van der Waals surface area contributed by atoms with Gasteiger partial charge in [0.25, 0.3) is 5.91 Å². The molecular formula is C19H15F4N5O3. The fourth-order valence-corrected chi connectivity index (χ4v) is 2.65. The summed E-state index contributed by atoms with van der Waals surface area (Å²) in [6.45, 7) is 0. The molecule has 0 saturated heterocycles. The highest BCUT2D eigenvalue weighted by Gasteiger charge is 2.42. The fourth-order valence-electron chi connectivity index (χ4n) is 2.65. The lowest BCUT2D eigenvalue weighted by Gasteiger charge is -2.16. The van der Waals surface area contributed by atoms with E-state index in [1.807, 2.05) is 0 Å². The summed E-state index contributed by atoms with van der Waals surface area (Å²) in [6.07, 6.45) is -5.58. The van der Waals surface area contributed by atoms with Crippen LogP contribution < -0.4 is 10.2 Å². The van der Waals surface area contributed by atoms with Crippen molar-refractivity contribution in [2.24, 2.45) is 0 Å². The molecule has 2 amide bonds. The van der Waals surface area contributed by atoms with E-state index in [9.17, 15) is 27.2 Å². The molecule has 0 spiro atoms. The van der Waals surface area contributed by atoms with Gasteiger partial charge in [-0.1, -0.05) is 5.21 Å². The number of alkyl halides is 3. The molecule has 2 aromatic carbocycles. The molecule has 3 aromatic rings. The Balaban J connectivity index is 1.88. The third-order valence-corrected chi connectivity index (χ3v) is 4.19. The number of ether oxygens (including phenoxy) is 1. The third kappa shape index (κ3) is 4.63. The largest absolute Gasteiger partial charge is 0.452 e. The maximum absolute atomic E-state index is 13.7. The molecule has 0 atom stereocenters. The Morgan fingerprint density at radius 2 is 1.68 bits per heavy atom. The van der Waals surface area contributed by atoms with Crippen molar-refractivity contribution in [2.75, 3.05) is 24.4 Å². The number of aromatic nitrogens is 3. The van der Waals surface area contributed by atoms with Crippen molar-refractivity contribution in [3.05, 3.63) is 65.7 Å². The smallest absolute Gasteiger partial charge is 0.435 e. The number of nitrogens with one attached hydrogen (secondary N) is 1. The van der Waals surface area contributed by atoms with Crippen molar-refractivity contribution in [3.63, 3.8) is 0 Å². The lowest BCUT2D eigenvalue weighted by Crippen LogP contribution is -2.25. The van der Waals surface area contributed by atoms with Gasteiger partial charge in [0, 0.05) is 18.4 Å². The van der Waals surface area contributed by atoms with Crippen molar-refractivity contribution in [3.8, 4) is 5.69 Å². The van der Waals surface area contributed by atoms with Crippen LogP contribution in [0.4, 0.5) is 33.7 Å². The fraction of sp³-hybridized carbons (Fsp3) is 0.158. The molecule has 1 aromatic heterocycles. The lowest BCUT2D eigenvalue weighted by molar-refractivity contribution is -0.143. The Bertz CT molecular complexity index is 1100. The first-order valence-corrected chi connectivity index (χ1v) is 8.63. The van der Waals surface area contributed by atoms with Crippen LogP contribution in [0.3, 0.4) is 0 Å². The monoisotopic (exact) mass is 437 g/mol. The molecule has 1 N–H and O–H groups in total. The molecule has 0 aliphatic heterocycles. The number of hydrogen-bond acceptors (Lipinski definition) is 5. The summed E-state index contributed by atoms with van der Waals surface area (Å²) in [4.78, 5) is 25.2. The first-order valence-electron chi connectivity index (χ1n) is 8.63. The molecule has 0 radical (unpaired) electrons. The molecule has 0 fully saturated rings. The van der Waals surface area contributed by atoms with Gasteiger partial charge in [0.1, 0.15) is 5.82 Å². The van der Waals surface area contributed by atoms with Crippen LogP contribution in [0.1, 0.15) is 16.2 Å². The Morgan fingerprint density at radius 1 is 1.06 bits per heavy atom. The first-order chi connectivity index (χ1) is 14.6. The summed E-state index contributed by atoms with van der Waals surface area (Å²) in [6, 6.07) is 9.80. The van der Waals surface area contributed by atoms with Gasteiger partial charge in [-0.25, -0.2) is 13.9 Å². The summed E-state index contributed by atoms with van der Waals surface area (Å²) in [5.41, 5.74) is -1.87. The van der Waals surface area contributed by atoms with Crippen LogP contribution in [-0.2, 0) is 10.9 Å². The zero-order valence-corrected chi connectivity index (χ0v) is 16.1. The topological polar surface area (TPSA) is 89.3 Å². The van der Waals surface area contributed by atoms with Gasteiger partial charge in [0.05, 0.1) is 12.8 Å². The Kier molecular flexibility index (Phi) is 5.90. The lowest BCUT2D eigenvalue weighted by atomic mass is 10.2. The second kappa shape index (κ2) is 8.42. The van der Waals surface area contributed by atoms with E-state index >= 15 is 0 Å². The van der Waals surface area contributed by atoms with Crippen LogP contribution in [0.15, 0.2) is 48.5 Å². The molecule has 8 nitrogen and oxygen atoms in total. The summed E-state index contributed by atoms with van der Waals surface area (Å²) in [5.74, 6) is -1.79. The van der Waals surface area contributed by atoms with Crippen molar-refractivity contribution in [1.29, 1.82) is 0 Å². The normalized spacial score (nSPS) is 11.2. The highest BCUT2D eigenvalue weighted by Crippen LogP contribution is 2.33. The van der Waals surface area contributed by atoms with Gasteiger partial charge in [0.15, 0.2) is 11.4 Å². The van der Waals surface area contributed by atoms with Crippen molar-refractivity contribution in [2.45, 2.75) is 6.18 Å². The Hall–Kier alpha value is -3.96. The molecule has 0 unspecified atom stereocenters. The minimum Gasteiger partial charge on any atom is -0.452 e. The van der Waals surface area contributed by atoms with Gasteiger partial charge < -0.3 is 10.1 Å². The molecular weight excluding hydrogens is 422 g/mol. The SMILES string of the molecule is COC(=O)N(C)c1ccc(NC(=O)c2nnn(-c3ccc(F)cc3)c2C(F)(F)F)cc1. The van der Waals surface area contributed by atoms with Crippen LogP contribution in [0.5, 0.6) is 0 Å². The van der Waals surface area contributed by atoms with Crippen molar-refractivity contribution < 1.29 is 31.9 Å². The zero-order valence-electron chi connectivity index (χ0n) is 16.1. The zero-order chi connectivity index (χ0) is 22.8. The minimum atomic E-state index is -4.96. The number of carbonyl (C=O) groups excluding carboxylic acids is 2. The molecule has 162 valence electrons. The third-order valence-electron chi connectivity index (χ3n) is 4.19. The predicted octanol–water partition coefficient (Wildman–Crippen LogP) is 3.88. The molecule has 0 aliphatic carbocycles. The molecule has 31 heavy (non-hydrogen) atoms. The first kappa shape index (κ1) is 21.7. The number of methoxy groups -OCH3 is 1. The van der Waals surface area contributed by atoms with E-state index in [0.717, 1.165) is 24.3 Å². The van der Waals surface area contributed by atoms with Crippen LogP contribution in [0, 0.1) is 5.82 Å². The van der Waals surface area contributed by atoms with E-state index in [1.165, 1.54) is 43.3 Å². The van der Waals surface area contributed by atoms with E-state index in [0.29, 0.717) is 10.4 Å². The highest BCUT2D eigenvalue weighted by molar-refractivity contribution is 6.04. The van der Waals surface area contributed by atoms with E-state index in [4.69, 9.17) is 0 Å². The number of nitrogens with zero attached hydrogens (tertiary/aromatic N) is 4.